The largest absolute Gasteiger partial charge is 0.293 e. The van der Waals surface area contributed by atoms with E-state index in [9.17, 15) is 4.79 Å². The van der Waals surface area contributed by atoms with Crippen LogP contribution < -0.4 is 0 Å². The average Bonchev–Trinajstić information content (AvgIpc) is 2.46. The lowest BCUT2D eigenvalue weighted by atomic mass is 9.82. The van der Waals surface area contributed by atoms with Gasteiger partial charge in [-0.15, -0.1) is 0 Å². The van der Waals surface area contributed by atoms with Crippen LogP contribution in [-0.2, 0) is 6.42 Å². The maximum Gasteiger partial charge on any atom is 0.173 e. The lowest BCUT2D eigenvalue weighted by Crippen LogP contribution is -2.20. The molecule has 0 spiro atoms. The zero-order valence-corrected chi connectivity index (χ0v) is 12.2. The average molecular weight is 286 g/mol. The smallest absolute Gasteiger partial charge is 0.173 e. The molecule has 2 aromatic rings. The Hall–Kier alpha value is -1.67. The topological polar surface area (TPSA) is 30.0 Å². The first kappa shape index (κ1) is 13.3. The van der Waals surface area contributed by atoms with Crippen molar-refractivity contribution in [3.63, 3.8) is 0 Å². The summed E-state index contributed by atoms with van der Waals surface area (Å²) in [7, 11) is 0. The van der Waals surface area contributed by atoms with E-state index in [1.54, 1.807) is 6.20 Å². The van der Waals surface area contributed by atoms with Crippen LogP contribution in [0.4, 0.5) is 0 Å². The third-order valence-corrected chi connectivity index (χ3v) is 4.21. The summed E-state index contributed by atoms with van der Waals surface area (Å²) in [6.45, 7) is 1.97. The monoisotopic (exact) mass is 285 g/mol. The highest BCUT2D eigenvalue weighted by Gasteiger charge is 2.29. The minimum Gasteiger partial charge on any atom is -0.293 e. The number of hydrogen-bond donors (Lipinski definition) is 0. The Labute approximate surface area is 123 Å². The number of pyridine rings is 1. The van der Waals surface area contributed by atoms with Gasteiger partial charge >= 0.3 is 0 Å². The van der Waals surface area contributed by atoms with Crippen LogP contribution in [-0.4, -0.2) is 10.8 Å². The number of rotatable bonds is 2. The molecule has 3 heteroatoms. The van der Waals surface area contributed by atoms with Gasteiger partial charge in [0.05, 0.1) is 16.6 Å². The van der Waals surface area contributed by atoms with Crippen molar-refractivity contribution in [3.05, 3.63) is 63.9 Å². The molecule has 1 aliphatic carbocycles. The van der Waals surface area contributed by atoms with E-state index < -0.39 is 0 Å². The number of ketones is 1. The first-order valence-corrected chi connectivity index (χ1v) is 7.29. The van der Waals surface area contributed by atoms with Crippen molar-refractivity contribution in [2.45, 2.75) is 32.1 Å². The summed E-state index contributed by atoms with van der Waals surface area (Å²) in [5, 5.41) is 0.540. The fourth-order valence-corrected chi connectivity index (χ4v) is 3.20. The Morgan fingerprint density at radius 1 is 1.35 bits per heavy atom. The summed E-state index contributed by atoms with van der Waals surface area (Å²) in [6.07, 6.45) is 4.65. The Kier molecular flexibility index (Phi) is 3.58. The van der Waals surface area contributed by atoms with Gasteiger partial charge in [0.25, 0.3) is 0 Å². The molecule has 3 rings (SSSR count). The summed E-state index contributed by atoms with van der Waals surface area (Å²) in [4.78, 5) is 17.2. The molecule has 0 amide bonds. The van der Waals surface area contributed by atoms with Gasteiger partial charge in [0.15, 0.2) is 5.78 Å². The van der Waals surface area contributed by atoms with Crippen LogP contribution in [0.3, 0.4) is 0 Å². The predicted octanol–water partition coefficient (Wildman–Crippen LogP) is 4.35. The summed E-state index contributed by atoms with van der Waals surface area (Å²) in [6, 6.07) is 9.61. The van der Waals surface area contributed by atoms with Crippen LogP contribution in [0.15, 0.2) is 36.5 Å². The predicted molar refractivity (Wildman–Crippen MR) is 80.4 cm³/mol. The van der Waals surface area contributed by atoms with Crippen molar-refractivity contribution in [1.29, 1.82) is 0 Å². The summed E-state index contributed by atoms with van der Waals surface area (Å²) < 4.78 is 0. The highest BCUT2D eigenvalue weighted by molar-refractivity contribution is 6.34. The standard InChI is InChI=1S/C17H16ClNO/c1-11-7-8-13(15(18)10-11)17(20)14-6-2-4-12-5-3-9-19-16(12)14/h3,5,7-10,14H,2,4,6H2,1H3. The molecule has 1 heterocycles. The minimum absolute atomic E-state index is 0.0923. The molecule has 1 aromatic carbocycles. The van der Waals surface area contributed by atoms with E-state index in [0.717, 1.165) is 30.5 Å². The number of carbonyl (C=O) groups is 1. The van der Waals surface area contributed by atoms with Gasteiger partial charge in [-0.3, -0.25) is 9.78 Å². The normalized spacial score (nSPS) is 17.6. The lowest BCUT2D eigenvalue weighted by molar-refractivity contribution is 0.0949. The van der Waals surface area contributed by atoms with Crippen molar-refractivity contribution in [2.75, 3.05) is 0 Å². The van der Waals surface area contributed by atoms with Crippen LogP contribution in [0.5, 0.6) is 0 Å². The molecule has 20 heavy (non-hydrogen) atoms. The molecule has 1 atom stereocenters. The van der Waals surface area contributed by atoms with Crippen molar-refractivity contribution in [2.24, 2.45) is 0 Å². The first-order valence-electron chi connectivity index (χ1n) is 6.91. The van der Waals surface area contributed by atoms with Gasteiger partial charge < -0.3 is 0 Å². The van der Waals surface area contributed by atoms with E-state index in [4.69, 9.17) is 11.6 Å². The van der Waals surface area contributed by atoms with E-state index in [2.05, 4.69) is 11.1 Å². The number of Topliss-reactive ketones (excluding diaryl/α,β-unsaturated/α-hetero) is 1. The third-order valence-electron chi connectivity index (χ3n) is 3.90. The summed E-state index contributed by atoms with van der Waals surface area (Å²) in [5.41, 5.74) is 3.80. The summed E-state index contributed by atoms with van der Waals surface area (Å²) >= 11 is 6.23. The molecule has 102 valence electrons. The molecular weight excluding hydrogens is 270 g/mol. The maximum absolute atomic E-state index is 12.8. The second-order valence-corrected chi connectivity index (χ2v) is 5.75. The molecule has 0 saturated carbocycles. The second-order valence-electron chi connectivity index (χ2n) is 5.34. The van der Waals surface area contributed by atoms with Gasteiger partial charge in [-0.25, -0.2) is 0 Å². The van der Waals surface area contributed by atoms with E-state index >= 15 is 0 Å². The molecule has 0 saturated heterocycles. The fraction of sp³-hybridized carbons (Fsp3) is 0.294. The fourth-order valence-electron chi connectivity index (χ4n) is 2.87. The zero-order valence-electron chi connectivity index (χ0n) is 11.4. The van der Waals surface area contributed by atoms with Crippen LogP contribution in [0.25, 0.3) is 0 Å². The number of halogens is 1. The molecule has 0 radical (unpaired) electrons. The molecule has 1 aliphatic rings. The van der Waals surface area contributed by atoms with Crippen LogP contribution in [0.1, 0.15) is 45.9 Å². The van der Waals surface area contributed by atoms with Gasteiger partial charge in [0, 0.05) is 11.8 Å². The van der Waals surface area contributed by atoms with Gasteiger partial charge in [0.2, 0.25) is 0 Å². The summed E-state index contributed by atoms with van der Waals surface area (Å²) in [5.74, 6) is -0.0604. The van der Waals surface area contributed by atoms with Gasteiger partial charge in [0.1, 0.15) is 0 Å². The molecule has 1 aromatic heterocycles. The molecule has 0 aliphatic heterocycles. The van der Waals surface area contributed by atoms with E-state index in [-0.39, 0.29) is 11.7 Å². The Morgan fingerprint density at radius 3 is 3.00 bits per heavy atom. The number of aromatic nitrogens is 1. The highest BCUT2D eigenvalue weighted by Crippen LogP contribution is 2.34. The molecule has 0 bridgehead atoms. The zero-order chi connectivity index (χ0) is 14.1. The Bertz CT molecular complexity index is 666. The molecular formula is C17H16ClNO. The number of benzene rings is 1. The van der Waals surface area contributed by atoms with E-state index in [0.29, 0.717) is 10.6 Å². The number of aryl methyl sites for hydroxylation is 2. The van der Waals surface area contributed by atoms with Crippen molar-refractivity contribution in [1.82, 2.24) is 4.98 Å². The molecule has 1 unspecified atom stereocenters. The van der Waals surface area contributed by atoms with Crippen LogP contribution >= 0.6 is 11.6 Å². The second kappa shape index (κ2) is 5.37. The van der Waals surface area contributed by atoms with Gasteiger partial charge in [-0.1, -0.05) is 23.7 Å². The molecule has 0 fully saturated rings. The van der Waals surface area contributed by atoms with Gasteiger partial charge in [-0.2, -0.15) is 0 Å². The number of hydrogen-bond acceptors (Lipinski definition) is 2. The first-order chi connectivity index (χ1) is 9.66. The SMILES string of the molecule is Cc1ccc(C(=O)C2CCCc3cccnc32)c(Cl)c1. The Morgan fingerprint density at radius 2 is 2.20 bits per heavy atom. The highest BCUT2D eigenvalue weighted by atomic mass is 35.5. The number of fused-ring (bicyclic) bond motifs is 1. The third kappa shape index (κ3) is 2.36. The molecule has 0 N–H and O–H groups in total. The Balaban J connectivity index is 2.00. The maximum atomic E-state index is 12.8. The molecule has 2 nitrogen and oxygen atoms in total. The lowest BCUT2D eigenvalue weighted by Gasteiger charge is -2.23. The quantitative estimate of drug-likeness (QED) is 0.768. The van der Waals surface area contributed by atoms with Gasteiger partial charge in [-0.05, 0) is 55.5 Å². The van der Waals surface area contributed by atoms with Crippen LogP contribution in [0.2, 0.25) is 5.02 Å². The van der Waals surface area contributed by atoms with Crippen molar-refractivity contribution in [3.8, 4) is 0 Å². The van der Waals surface area contributed by atoms with Crippen molar-refractivity contribution >= 4 is 17.4 Å². The van der Waals surface area contributed by atoms with Crippen molar-refractivity contribution < 1.29 is 4.79 Å². The number of nitrogens with zero attached hydrogens (tertiary/aromatic N) is 1. The number of carbonyl (C=O) groups excluding carboxylic acids is 1. The van der Waals surface area contributed by atoms with Crippen LogP contribution in [0, 0.1) is 6.92 Å². The van der Waals surface area contributed by atoms with E-state index in [1.165, 1.54) is 5.56 Å². The van der Waals surface area contributed by atoms with E-state index in [1.807, 2.05) is 31.2 Å². The minimum atomic E-state index is -0.153.